The smallest absolute Gasteiger partial charge is 0.135 e. The summed E-state index contributed by atoms with van der Waals surface area (Å²) in [7, 11) is 1.68. The van der Waals surface area contributed by atoms with Crippen molar-refractivity contribution in [1.82, 2.24) is 0 Å². The molecular formula is C13H10O2. The van der Waals surface area contributed by atoms with E-state index in [0.29, 0.717) is 0 Å². The first-order valence-corrected chi connectivity index (χ1v) is 4.83. The van der Waals surface area contributed by atoms with E-state index >= 15 is 0 Å². The van der Waals surface area contributed by atoms with Crippen molar-refractivity contribution in [3.63, 3.8) is 0 Å². The van der Waals surface area contributed by atoms with Gasteiger partial charge in [0.05, 0.1) is 13.4 Å². The van der Waals surface area contributed by atoms with Gasteiger partial charge < -0.3 is 9.47 Å². The van der Waals surface area contributed by atoms with Crippen LogP contribution in [0.25, 0.3) is 16.8 Å². The van der Waals surface area contributed by atoms with Crippen LogP contribution in [-0.2, 0) is 0 Å². The molecule has 0 atom stereocenters. The van der Waals surface area contributed by atoms with E-state index in [1.165, 1.54) is 5.56 Å². The lowest BCUT2D eigenvalue weighted by Gasteiger charge is -2.14. The van der Waals surface area contributed by atoms with Crippen LogP contribution in [0.15, 0.2) is 36.6 Å². The highest BCUT2D eigenvalue weighted by Crippen LogP contribution is 2.37. The first-order chi connectivity index (χ1) is 7.40. The first-order valence-electron chi connectivity index (χ1n) is 4.83. The highest BCUT2D eigenvalue weighted by molar-refractivity contribution is 6.00. The Kier molecular flexibility index (Phi) is 1.68. The number of rotatable bonds is 1. The average Bonchev–Trinajstić information content (AvgIpc) is 2.30. The SMILES string of the molecule is COc1ccc2c3c(cccc13)OC=C2. The van der Waals surface area contributed by atoms with Gasteiger partial charge in [0.1, 0.15) is 11.5 Å². The van der Waals surface area contributed by atoms with Crippen molar-refractivity contribution in [3.05, 3.63) is 42.2 Å². The minimum Gasteiger partial charge on any atom is -0.496 e. The highest BCUT2D eigenvalue weighted by Gasteiger charge is 2.12. The Morgan fingerprint density at radius 3 is 2.93 bits per heavy atom. The molecule has 0 fully saturated rings. The molecule has 0 unspecified atom stereocenters. The number of benzene rings is 2. The van der Waals surface area contributed by atoms with Crippen LogP contribution in [0.3, 0.4) is 0 Å². The normalized spacial score (nSPS) is 12.6. The quantitative estimate of drug-likeness (QED) is 0.700. The summed E-state index contributed by atoms with van der Waals surface area (Å²) in [6.07, 6.45) is 3.68. The summed E-state index contributed by atoms with van der Waals surface area (Å²) >= 11 is 0. The molecule has 0 saturated heterocycles. The third kappa shape index (κ3) is 1.11. The van der Waals surface area contributed by atoms with Crippen molar-refractivity contribution in [1.29, 1.82) is 0 Å². The van der Waals surface area contributed by atoms with E-state index in [1.807, 2.05) is 36.4 Å². The molecule has 74 valence electrons. The third-order valence-electron chi connectivity index (χ3n) is 2.66. The summed E-state index contributed by atoms with van der Waals surface area (Å²) in [6, 6.07) is 10.0. The monoisotopic (exact) mass is 198 g/mol. The van der Waals surface area contributed by atoms with Gasteiger partial charge in [-0.15, -0.1) is 0 Å². The van der Waals surface area contributed by atoms with Crippen LogP contribution in [0.5, 0.6) is 11.5 Å². The molecule has 0 bridgehead atoms. The van der Waals surface area contributed by atoms with Gasteiger partial charge in [-0.25, -0.2) is 0 Å². The van der Waals surface area contributed by atoms with Gasteiger partial charge in [-0.1, -0.05) is 18.2 Å². The van der Waals surface area contributed by atoms with E-state index in [2.05, 4.69) is 0 Å². The molecule has 0 N–H and O–H groups in total. The second kappa shape index (κ2) is 3.02. The second-order valence-electron chi connectivity index (χ2n) is 3.46. The number of ether oxygens (including phenoxy) is 2. The van der Waals surface area contributed by atoms with E-state index in [9.17, 15) is 0 Å². The molecule has 3 rings (SSSR count). The Morgan fingerprint density at radius 1 is 1.13 bits per heavy atom. The maximum atomic E-state index is 5.46. The zero-order chi connectivity index (χ0) is 10.3. The fraction of sp³-hybridized carbons (Fsp3) is 0.0769. The molecule has 0 amide bonds. The van der Waals surface area contributed by atoms with E-state index in [0.717, 1.165) is 22.3 Å². The molecule has 2 nitrogen and oxygen atoms in total. The standard InChI is InChI=1S/C13H10O2/c1-14-11-6-5-9-7-8-15-12-4-2-3-10(11)13(9)12/h2-8H,1H3. The van der Waals surface area contributed by atoms with Gasteiger partial charge in [0.2, 0.25) is 0 Å². The molecule has 1 heterocycles. The van der Waals surface area contributed by atoms with Gasteiger partial charge >= 0.3 is 0 Å². The fourth-order valence-electron chi connectivity index (χ4n) is 1.97. The topological polar surface area (TPSA) is 18.5 Å². The Labute approximate surface area is 87.7 Å². The van der Waals surface area contributed by atoms with Gasteiger partial charge in [0.15, 0.2) is 0 Å². The van der Waals surface area contributed by atoms with Crippen molar-refractivity contribution >= 4 is 16.8 Å². The summed E-state index contributed by atoms with van der Waals surface area (Å²) in [4.78, 5) is 0. The van der Waals surface area contributed by atoms with Crippen molar-refractivity contribution in [2.75, 3.05) is 7.11 Å². The van der Waals surface area contributed by atoms with Gasteiger partial charge in [-0.2, -0.15) is 0 Å². The lowest BCUT2D eigenvalue weighted by atomic mass is 10.0. The molecule has 1 aliphatic heterocycles. The summed E-state index contributed by atoms with van der Waals surface area (Å²) in [6.45, 7) is 0. The lowest BCUT2D eigenvalue weighted by Crippen LogP contribution is -1.94. The Morgan fingerprint density at radius 2 is 2.07 bits per heavy atom. The van der Waals surface area contributed by atoms with Gasteiger partial charge in [-0.05, 0) is 23.8 Å². The van der Waals surface area contributed by atoms with Crippen LogP contribution in [0.1, 0.15) is 5.56 Å². The minimum atomic E-state index is 0.884. The number of methoxy groups -OCH3 is 1. The van der Waals surface area contributed by atoms with E-state index in [4.69, 9.17) is 9.47 Å². The average molecular weight is 198 g/mol. The summed E-state index contributed by atoms with van der Waals surface area (Å²) in [5, 5.41) is 2.22. The molecule has 2 aromatic rings. The molecule has 2 aromatic carbocycles. The predicted octanol–water partition coefficient (Wildman–Crippen LogP) is 3.21. The highest BCUT2D eigenvalue weighted by atomic mass is 16.5. The summed E-state index contributed by atoms with van der Waals surface area (Å²) < 4.78 is 10.8. The largest absolute Gasteiger partial charge is 0.496 e. The van der Waals surface area contributed by atoms with Crippen LogP contribution in [0, 0.1) is 0 Å². The minimum absolute atomic E-state index is 0.884. The molecule has 2 heteroatoms. The van der Waals surface area contributed by atoms with E-state index in [-0.39, 0.29) is 0 Å². The first kappa shape index (κ1) is 8.36. The molecule has 1 aliphatic rings. The zero-order valence-electron chi connectivity index (χ0n) is 8.36. The zero-order valence-corrected chi connectivity index (χ0v) is 8.36. The Bertz CT molecular complexity index is 556. The predicted molar refractivity (Wildman–Crippen MR) is 60.2 cm³/mol. The van der Waals surface area contributed by atoms with Crippen molar-refractivity contribution in [2.45, 2.75) is 0 Å². The second-order valence-corrected chi connectivity index (χ2v) is 3.46. The van der Waals surface area contributed by atoms with Crippen molar-refractivity contribution < 1.29 is 9.47 Å². The van der Waals surface area contributed by atoms with Crippen LogP contribution in [0.2, 0.25) is 0 Å². The van der Waals surface area contributed by atoms with Crippen LogP contribution in [-0.4, -0.2) is 7.11 Å². The van der Waals surface area contributed by atoms with Gasteiger partial charge in [-0.3, -0.25) is 0 Å². The lowest BCUT2D eigenvalue weighted by molar-refractivity contribution is 0.419. The molecule has 0 spiro atoms. The van der Waals surface area contributed by atoms with Crippen LogP contribution < -0.4 is 9.47 Å². The molecule has 0 aromatic heterocycles. The van der Waals surface area contributed by atoms with Gasteiger partial charge in [0, 0.05) is 10.8 Å². The van der Waals surface area contributed by atoms with Crippen LogP contribution in [0.4, 0.5) is 0 Å². The molecule has 15 heavy (non-hydrogen) atoms. The molecular weight excluding hydrogens is 188 g/mol. The van der Waals surface area contributed by atoms with E-state index < -0.39 is 0 Å². The number of hydrogen-bond acceptors (Lipinski definition) is 2. The number of hydrogen-bond donors (Lipinski definition) is 0. The van der Waals surface area contributed by atoms with Crippen molar-refractivity contribution in [3.8, 4) is 11.5 Å². The van der Waals surface area contributed by atoms with Gasteiger partial charge in [0.25, 0.3) is 0 Å². The maximum absolute atomic E-state index is 5.46. The molecule has 0 radical (unpaired) electrons. The maximum Gasteiger partial charge on any atom is 0.135 e. The fourth-order valence-corrected chi connectivity index (χ4v) is 1.97. The summed E-state index contributed by atoms with van der Waals surface area (Å²) in [5.74, 6) is 1.78. The van der Waals surface area contributed by atoms with E-state index in [1.54, 1.807) is 13.4 Å². The third-order valence-corrected chi connectivity index (χ3v) is 2.66. The molecule has 0 saturated carbocycles. The summed E-state index contributed by atoms with van der Waals surface area (Å²) in [5.41, 5.74) is 1.17. The Hall–Kier alpha value is -1.96. The Balaban J connectivity index is 2.48. The van der Waals surface area contributed by atoms with Crippen LogP contribution >= 0.6 is 0 Å². The molecule has 0 aliphatic carbocycles. The van der Waals surface area contributed by atoms with Crippen molar-refractivity contribution in [2.24, 2.45) is 0 Å².